The van der Waals surface area contributed by atoms with Crippen LogP contribution in [-0.2, 0) is 0 Å². The van der Waals surface area contributed by atoms with Crippen LogP contribution in [0.25, 0.3) is 81.0 Å². The number of nitrogens with zero attached hydrogens (tertiary/aromatic N) is 1. The quantitative estimate of drug-likeness (QED) is 0.196. The van der Waals surface area contributed by atoms with Gasteiger partial charge in [-0.1, -0.05) is 127 Å². The topological polar surface area (TPSA) is 4.93 Å². The molecule has 44 heavy (non-hydrogen) atoms. The van der Waals surface area contributed by atoms with E-state index < -0.39 is 0 Å². The Hall–Kier alpha value is -5.44. The Bertz CT molecular complexity index is 2430. The van der Waals surface area contributed by atoms with Crippen LogP contribution in [0.2, 0.25) is 0 Å². The van der Waals surface area contributed by atoms with Crippen LogP contribution in [-0.4, -0.2) is 4.57 Å². The normalized spacial score (nSPS) is 11.6. The van der Waals surface area contributed by atoms with Crippen molar-refractivity contribution in [3.05, 3.63) is 164 Å². The molecule has 9 aromatic rings. The molecule has 0 spiro atoms. The van der Waals surface area contributed by atoms with Gasteiger partial charge in [0.1, 0.15) is 0 Å². The van der Waals surface area contributed by atoms with Crippen molar-refractivity contribution in [3.63, 3.8) is 0 Å². The standard InChI is InChI=1S/C42H27NS/c1-2-10-28(11-3-1)29-20-22-30(23-21-29)31-12-8-13-32(26-31)34-16-9-17-37-38-27-33(24-25-41(38)44-42(34)37)43-39-18-6-4-14-35(39)36-15-5-7-19-40(36)43/h1-27H. The summed E-state index contributed by atoms with van der Waals surface area (Å²) in [6.45, 7) is 0. The van der Waals surface area contributed by atoms with Gasteiger partial charge in [0.05, 0.1) is 11.0 Å². The predicted molar refractivity (Wildman–Crippen MR) is 190 cm³/mol. The van der Waals surface area contributed by atoms with Gasteiger partial charge in [0.2, 0.25) is 0 Å². The zero-order chi connectivity index (χ0) is 29.0. The minimum Gasteiger partial charge on any atom is -0.309 e. The second kappa shape index (κ2) is 10.1. The Morgan fingerprint density at radius 3 is 1.68 bits per heavy atom. The molecule has 2 aromatic heterocycles. The van der Waals surface area contributed by atoms with Crippen LogP contribution in [0.3, 0.4) is 0 Å². The van der Waals surface area contributed by atoms with Crippen LogP contribution in [0.4, 0.5) is 0 Å². The van der Waals surface area contributed by atoms with Gasteiger partial charge in [-0.2, -0.15) is 0 Å². The molecular weight excluding hydrogens is 551 g/mol. The Morgan fingerprint density at radius 2 is 0.932 bits per heavy atom. The predicted octanol–water partition coefficient (Wildman–Crippen LogP) is 12.2. The van der Waals surface area contributed by atoms with Gasteiger partial charge >= 0.3 is 0 Å². The van der Waals surface area contributed by atoms with Crippen molar-refractivity contribution in [1.82, 2.24) is 4.57 Å². The SMILES string of the molecule is c1ccc(-c2ccc(-c3cccc(-c4cccc5c4sc4ccc(-n6c7ccccc7c7ccccc76)cc45)c3)cc2)cc1. The first kappa shape index (κ1) is 25.1. The molecular formula is C42H27NS. The van der Waals surface area contributed by atoms with Crippen molar-refractivity contribution in [2.24, 2.45) is 0 Å². The fourth-order valence-corrected chi connectivity index (χ4v) is 7.92. The van der Waals surface area contributed by atoms with Gasteiger partial charge in [0.15, 0.2) is 0 Å². The van der Waals surface area contributed by atoms with Crippen molar-refractivity contribution in [1.29, 1.82) is 0 Å². The largest absolute Gasteiger partial charge is 0.309 e. The number of thiophene rings is 1. The highest BCUT2D eigenvalue weighted by Crippen LogP contribution is 2.42. The Kier molecular flexibility index (Phi) is 5.75. The Labute approximate surface area is 259 Å². The smallest absolute Gasteiger partial charge is 0.0541 e. The van der Waals surface area contributed by atoms with E-state index in [1.165, 1.54) is 81.0 Å². The number of aromatic nitrogens is 1. The number of fused-ring (bicyclic) bond motifs is 6. The number of hydrogen-bond donors (Lipinski definition) is 0. The lowest BCUT2D eigenvalue weighted by atomic mass is 9.96. The van der Waals surface area contributed by atoms with Crippen LogP contribution in [0.15, 0.2) is 164 Å². The number of para-hydroxylation sites is 2. The molecule has 9 rings (SSSR count). The molecule has 0 fully saturated rings. The molecule has 0 N–H and O–H groups in total. The van der Waals surface area contributed by atoms with Crippen molar-refractivity contribution < 1.29 is 0 Å². The minimum absolute atomic E-state index is 1.20. The van der Waals surface area contributed by atoms with Crippen LogP contribution in [0, 0.1) is 0 Å². The first-order chi connectivity index (χ1) is 21.8. The molecule has 0 bridgehead atoms. The molecule has 0 radical (unpaired) electrons. The van der Waals surface area contributed by atoms with Gasteiger partial charge in [-0.25, -0.2) is 0 Å². The summed E-state index contributed by atoms with van der Waals surface area (Å²) in [6.07, 6.45) is 0. The maximum atomic E-state index is 2.41. The molecule has 2 heterocycles. The van der Waals surface area contributed by atoms with Crippen LogP contribution in [0.5, 0.6) is 0 Å². The van der Waals surface area contributed by atoms with Gasteiger partial charge in [-0.15, -0.1) is 11.3 Å². The molecule has 0 amide bonds. The van der Waals surface area contributed by atoms with E-state index in [0.29, 0.717) is 0 Å². The van der Waals surface area contributed by atoms with Crippen molar-refractivity contribution in [3.8, 4) is 39.1 Å². The van der Waals surface area contributed by atoms with Gasteiger partial charge in [-0.3, -0.25) is 0 Å². The third kappa shape index (κ3) is 4.00. The zero-order valence-corrected chi connectivity index (χ0v) is 24.8. The first-order valence-corrected chi connectivity index (χ1v) is 15.8. The fraction of sp³-hybridized carbons (Fsp3) is 0. The molecule has 0 saturated heterocycles. The summed E-state index contributed by atoms with van der Waals surface area (Å²) in [5.41, 5.74) is 11.1. The van der Waals surface area contributed by atoms with Crippen molar-refractivity contribution in [2.75, 3.05) is 0 Å². The molecule has 0 atom stereocenters. The van der Waals surface area contributed by atoms with Gasteiger partial charge in [0.25, 0.3) is 0 Å². The summed E-state index contributed by atoms with van der Waals surface area (Å²) in [5.74, 6) is 0. The second-order valence-corrected chi connectivity index (χ2v) is 12.4. The van der Waals surface area contributed by atoms with E-state index in [4.69, 9.17) is 0 Å². The number of benzene rings is 7. The summed E-state index contributed by atoms with van der Waals surface area (Å²) < 4.78 is 5.05. The molecule has 0 aliphatic rings. The third-order valence-corrected chi connectivity index (χ3v) is 10.0. The van der Waals surface area contributed by atoms with Gasteiger partial charge in [0, 0.05) is 36.6 Å². The third-order valence-electron chi connectivity index (χ3n) is 8.82. The first-order valence-electron chi connectivity index (χ1n) is 15.0. The van der Waals surface area contributed by atoms with E-state index in [2.05, 4.69) is 168 Å². The summed E-state index contributed by atoms with van der Waals surface area (Å²) in [7, 11) is 0. The Morgan fingerprint density at radius 1 is 0.364 bits per heavy atom. The number of rotatable bonds is 4. The molecule has 0 unspecified atom stereocenters. The average molecular weight is 578 g/mol. The van der Waals surface area contributed by atoms with Crippen LogP contribution >= 0.6 is 11.3 Å². The maximum Gasteiger partial charge on any atom is 0.0541 e. The second-order valence-electron chi connectivity index (χ2n) is 11.4. The summed E-state index contributed by atoms with van der Waals surface area (Å²) in [4.78, 5) is 0. The van der Waals surface area contributed by atoms with E-state index in [9.17, 15) is 0 Å². The highest BCUT2D eigenvalue weighted by Gasteiger charge is 2.15. The molecule has 0 aliphatic carbocycles. The average Bonchev–Trinajstić information content (AvgIpc) is 3.64. The summed E-state index contributed by atoms with van der Waals surface area (Å²) >= 11 is 1.89. The van der Waals surface area contributed by atoms with Crippen LogP contribution in [0.1, 0.15) is 0 Å². The van der Waals surface area contributed by atoms with Crippen molar-refractivity contribution in [2.45, 2.75) is 0 Å². The van der Waals surface area contributed by atoms with E-state index in [-0.39, 0.29) is 0 Å². The number of hydrogen-bond acceptors (Lipinski definition) is 1. The monoisotopic (exact) mass is 577 g/mol. The van der Waals surface area contributed by atoms with Gasteiger partial charge in [-0.05, 0) is 69.8 Å². The highest BCUT2D eigenvalue weighted by atomic mass is 32.1. The molecule has 7 aromatic carbocycles. The highest BCUT2D eigenvalue weighted by molar-refractivity contribution is 7.26. The maximum absolute atomic E-state index is 2.41. The minimum atomic E-state index is 1.20. The van der Waals surface area contributed by atoms with E-state index >= 15 is 0 Å². The van der Waals surface area contributed by atoms with Crippen molar-refractivity contribution >= 4 is 53.3 Å². The zero-order valence-electron chi connectivity index (χ0n) is 23.9. The molecule has 2 heteroatoms. The molecule has 0 aliphatic heterocycles. The van der Waals surface area contributed by atoms with Crippen LogP contribution < -0.4 is 0 Å². The summed E-state index contributed by atoms with van der Waals surface area (Å²) in [5, 5.41) is 5.19. The lowest BCUT2D eigenvalue weighted by Crippen LogP contribution is -1.93. The van der Waals surface area contributed by atoms with Gasteiger partial charge < -0.3 is 4.57 Å². The fourth-order valence-electron chi connectivity index (χ4n) is 6.71. The molecule has 1 nitrogen and oxygen atoms in total. The van der Waals surface area contributed by atoms with E-state index in [1.54, 1.807) is 0 Å². The van der Waals surface area contributed by atoms with E-state index in [0.717, 1.165) is 0 Å². The molecule has 206 valence electrons. The molecule has 0 saturated carbocycles. The summed E-state index contributed by atoms with van der Waals surface area (Å²) in [6, 6.07) is 59.6. The van der Waals surface area contributed by atoms with E-state index in [1.807, 2.05) is 11.3 Å². The lowest BCUT2D eigenvalue weighted by molar-refractivity contribution is 1.19. The Balaban J connectivity index is 1.15. The lowest BCUT2D eigenvalue weighted by Gasteiger charge is -2.09.